The summed E-state index contributed by atoms with van der Waals surface area (Å²) in [5.74, 6) is 0.650. The van der Waals surface area contributed by atoms with Crippen LogP contribution < -0.4 is 10.1 Å². The molecule has 8 heteroatoms. The first-order valence-corrected chi connectivity index (χ1v) is 8.70. The van der Waals surface area contributed by atoms with E-state index in [0.717, 1.165) is 30.4 Å². The normalized spacial score (nSPS) is 15.8. The van der Waals surface area contributed by atoms with E-state index in [1.165, 1.54) is 11.0 Å². The summed E-state index contributed by atoms with van der Waals surface area (Å²) in [6.45, 7) is 0. The van der Waals surface area contributed by atoms with Crippen molar-refractivity contribution in [1.29, 1.82) is 0 Å². The van der Waals surface area contributed by atoms with Gasteiger partial charge in [-0.3, -0.25) is 4.79 Å². The maximum Gasteiger partial charge on any atom is 0.251 e. The molecule has 0 saturated carbocycles. The lowest BCUT2D eigenvalue weighted by Crippen LogP contribution is -2.31. The number of fused-ring (bicyclic) bond motifs is 1. The van der Waals surface area contributed by atoms with Gasteiger partial charge in [-0.1, -0.05) is 12.1 Å². The molecule has 1 aromatic heterocycles. The number of rotatable bonds is 4. The summed E-state index contributed by atoms with van der Waals surface area (Å²) >= 11 is 0. The van der Waals surface area contributed by atoms with Gasteiger partial charge in [0, 0.05) is 5.56 Å². The lowest BCUT2D eigenvalue weighted by molar-refractivity contribution is 0.0932. The minimum absolute atomic E-state index is 0.132. The Morgan fingerprint density at radius 1 is 1.33 bits per heavy atom. The number of methoxy groups -OCH3 is 1. The lowest BCUT2D eigenvalue weighted by atomic mass is 9.87. The number of phenolic OH excluding ortho intramolecular Hbond substituents is 1. The van der Waals surface area contributed by atoms with E-state index in [0.29, 0.717) is 17.0 Å². The van der Waals surface area contributed by atoms with Gasteiger partial charge in [-0.25, -0.2) is 0 Å². The summed E-state index contributed by atoms with van der Waals surface area (Å²) in [6.07, 6.45) is 4.01. The molecule has 1 amide bonds. The Labute approximate surface area is 155 Å². The number of aromatic nitrogens is 4. The third-order valence-electron chi connectivity index (χ3n) is 4.82. The molecule has 2 N–H and O–H groups in total. The molecule has 1 heterocycles. The van der Waals surface area contributed by atoms with Crippen LogP contribution in [0.5, 0.6) is 11.5 Å². The van der Waals surface area contributed by atoms with Gasteiger partial charge in [-0.05, 0) is 65.1 Å². The van der Waals surface area contributed by atoms with Crippen molar-refractivity contribution >= 4 is 5.91 Å². The Morgan fingerprint density at radius 2 is 2.22 bits per heavy atom. The van der Waals surface area contributed by atoms with E-state index in [-0.39, 0.29) is 17.7 Å². The molecule has 0 saturated heterocycles. The number of ether oxygens (including phenoxy) is 1. The van der Waals surface area contributed by atoms with Gasteiger partial charge in [0.05, 0.1) is 13.2 Å². The quantitative estimate of drug-likeness (QED) is 0.735. The number of hydrogen-bond acceptors (Lipinski definition) is 6. The van der Waals surface area contributed by atoms with Gasteiger partial charge in [0.15, 0.2) is 0 Å². The molecule has 4 rings (SSSR count). The molecule has 27 heavy (non-hydrogen) atoms. The first kappa shape index (κ1) is 17.0. The van der Waals surface area contributed by atoms with Crippen LogP contribution in [-0.4, -0.2) is 38.3 Å². The molecular formula is C19H19N5O3. The Balaban J connectivity index is 1.62. The van der Waals surface area contributed by atoms with Crippen molar-refractivity contribution in [3.05, 3.63) is 59.4 Å². The number of hydrogen-bond donors (Lipinski definition) is 2. The highest BCUT2D eigenvalue weighted by molar-refractivity contribution is 5.95. The summed E-state index contributed by atoms with van der Waals surface area (Å²) in [5.41, 5.74) is 2.95. The van der Waals surface area contributed by atoms with Gasteiger partial charge >= 0.3 is 0 Å². The SMILES string of the molecule is COc1ccc(C(=O)NC2CCCc3c(O)cccc32)cc1-n1cnnn1. The lowest BCUT2D eigenvalue weighted by Gasteiger charge is -2.27. The summed E-state index contributed by atoms with van der Waals surface area (Å²) in [4.78, 5) is 12.9. The molecule has 0 spiro atoms. The van der Waals surface area contributed by atoms with E-state index in [2.05, 4.69) is 20.8 Å². The third-order valence-corrected chi connectivity index (χ3v) is 4.82. The molecule has 138 valence electrons. The number of aromatic hydroxyl groups is 1. The van der Waals surface area contributed by atoms with Gasteiger partial charge in [-0.15, -0.1) is 5.10 Å². The topological polar surface area (TPSA) is 102 Å². The molecule has 1 aliphatic rings. The van der Waals surface area contributed by atoms with Gasteiger partial charge in [0.2, 0.25) is 0 Å². The minimum atomic E-state index is -0.201. The Hall–Kier alpha value is -3.42. The average Bonchev–Trinajstić information content (AvgIpc) is 3.23. The molecule has 0 radical (unpaired) electrons. The number of nitrogens with one attached hydrogen (secondary N) is 1. The molecule has 1 atom stereocenters. The van der Waals surface area contributed by atoms with E-state index < -0.39 is 0 Å². The third kappa shape index (κ3) is 3.21. The zero-order valence-corrected chi connectivity index (χ0v) is 14.8. The molecular weight excluding hydrogens is 346 g/mol. The van der Waals surface area contributed by atoms with Crippen LogP contribution in [0.2, 0.25) is 0 Å². The molecule has 8 nitrogen and oxygen atoms in total. The number of tetrazole rings is 1. The van der Waals surface area contributed by atoms with Gasteiger partial charge in [-0.2, -0.15) is 4.68 Å². The second-order valence-electron chi connectivity index (χ2n) is 6.40. The van der Waals surface area contributed by atoms with E-state index in [4.69, 9.17) is 4.74 Å². The van der Waals surface area contributed by atoms with Crippen molar-refractivity contribution < 1.29 is 14.6 Å². The smallest absolute Gasteiger partial charge is 0.251 e. The maximum absolute atomic E-state index is 12.9. The first-order chi connectivity index (χ1) is 13.2. The summed E-state index contributed by atoms with van der Waals surface area (Å²) < 4.78 is 6.79. The van der Waals surface area contributed by atoms with Crippen molar-refractivity contribution in [3.8, 4) is 17.2 Å². The number of nitrogens with zero attached hydrogens (tertiary/aromatic N) is 4. The van der Waals surface area contributed by atoms with Crippen LogP contribution >= 0.6 is 0 Å². The standard InChI is InChI=1S/C19H19N5O3/c1-27-18-9-8-12(10-16(18)24-11-20-22-23-24)19(26)21-15-6-2-5-14-13(15)4-3-7-17(14)25/h3-4,7-11,15,25H,2,5-6H2,1H3,(H,21,26). The van der Waals surface area contributed by atoms with E-state index in [1.807, 2.05) is 12.1 Å². The molecule has 0 bridgehead atoms. The van der Waals surface area contributed by atoms with Gasteiger partial charge in [0.1, 0.15) is 23.5 Å². The number of carbonyl (C=O) groups is 1. The van der Waals surface area contributed by atoms with Crippen LogP contribution in [0, 0.1) is 0 Å². The molecule has 1 unspecified atom stereocenters. The Kier molecular flexibility index (Phi) is 4.45. The second-order valence-corrected chi connectivity index (χ2v) is 6.40. The predicted octanol–water partition coefficient (Wildman–Crippen LogP) is 2.18. The van der Waals surface area contributed by atoms with Crippen LogP contribution in [0.1, 0.15) is 40.4 Å². The van der Waals surface area contributed by atoms with E-state index >= 15 is 0 Å². The Bertz CT molecular complexity index is 971. The first-order valence-electron chi connectivity index (χ1n) is 8.70. The average molecular weight is 365 g/mol. The molecule has 3 aromatic rings. The summed E-state index contributed by atoms with van der Waals surface area (Å²) in [6, 6.07) is 10.4. The fraction of sp³-hybridized carbons (Fsp3) is 0.263. The highest BCUT2D eigenvalue weighted by atomic mass is 16.5. The monoisotopic (exact) mass is 365 g/mol. The summed E-state index contributed by atoms with van der Waals surface area (Å²) in [5, 5.41) is 24.3. The number of carbonyl (C=O) groups excluding carboxylic acids is 1. The van der Waals surface area contributed by atoms with E-state index in [9.17, 15) is 9.90 Å². The molecule has 1 aliphatic carbocycles. The van der Waals surface area contributed by atoms with Gasteiger partial charge < -0.3 is 15.2 Å². The Morgan fingerprint density at radius 3 is 3.00 bits per heavy atom. The minimum Gasteiger partial charge on any atom is -0.508 e. The van der Waals surface area contributed by atoms with Crippen LogP contribution in [0.25, 0.3) is 5.69 Å². The van der Waals surface area contributed by atoms with Crippen LogP contribution in [-0.2, 0) is 6.42 Å². The second kappa shape index (κ2) is 7.06. The largest absolute Gasteiger partial charge is 0.508 e. The zero-order chi connectivity index (χ0) is 18.8. The van der Waals surface area contributed by atoms with Crippen LogP contribution in [0.15, 0.2) is 42.7 Å². The summed E-state index contributed by atoms with van der Waals surface area (Å²) in [7, 11) is 1.55. The number of phenols is 1. The fourth-order valence-electron chi connectivity index (χ4n) is 3.50. The molecule has 0 fully saturated rings. The highest BCUT2D eigenvalue weighted by Gasteiger charge is 2.24. The van der Waals surface area contributed by atoms with Crippen molar-refractivity contribution in [2.45, 2.75) is 25.3 Å². The van der Waals surface area contributed by atoms with Crippen molar-refractivity contribution in [3.63, 3.8) is 0 Å². The van der Waals surface area contributed by atoms with Crippen molar-refractivity contribution in [1.82, 2.24) is 25.5 Å². The van der Waals surface area contributed by atoms with Gasteiger partial charge in [0.25, 0.3) is 5.91 Å². The van der Waals surface area contributed by atoms with E-state index in [1.54, 1.807) is 31.4 Å². The highest BCUT2D eigenvalue weighted by Crippen LogP contribution is 2.35. The van der Waals surface area contributed by atoms with Crippen molar-refractivity contribution in [2.24, 2.45) is 0 Å². The number of benzene rings is 2. The van der Waals surface area contributed by atoms with Crippen LogP contribution in [0.3, 0.4) is 0 Å². The predicted molar refractivity (Wildman–Crippen MR) is 97.0 cm³/mol. The molecule has 2 aromatic carbocycles. The van der Waals surface area contributed by atoms with Crippen molar-refractivity contribution in [2.75, 3.05) is 7.11 Å². The van der Waals surface area contributed by atoms with Crippen LogP contribution in [0.4, 0.5) is 0 Å². The molecule has 0 aliphatic heterocycles. The fourth-order valence-corrected chi connectivity index (χ4v) is 3.50. The zero-order valence-electron chi connectivity index (χ0n) is 14.8. The number of amides is 1. The maximum atomic E-state index is 12.9.